The molecule has 0 aliphatic carbocycles. The van der Waals surface area contributed by atoms with E-state index in [1.165, 1.54) is 21.8 Å². The van der Waals surface area contributed by atoms with Crippen LogP contribution in [0.25, 0.3) is 21.8 Å². The van der Waals surface area contributed by atoms with Crippen molar-refractivity contribution < 1.29 is 0 Å². The normalized spacial score (nSPS) is 11.8. The Morgan fingerprint density at radius 3 is 2.71 bits per heavy atom. The second-order valence-corrected chi connectivity index (χ2v) is 5.43. The van der Waals surface area contributed by atoms with Crippen molar-refractivity contribution in [2.24, 2.45) is 0 Å². The standard InChI is InChI=1S/C14H13BrN2/c1-9(2)17-13-4-3-10(15)7-12(13)11-5-6-16-8-14(11)17/h3-9H,1-2H3. The molecule has 17 heavy (non-hydrogen) atoms. The third kappa shape index (κ3) is 1.57. The maximum absolute atomic E-state index is 4.24. The first-order valence-corrected chi connectivity index (χ1v) is 6.51. The van der Waals surface area contributed by atoms with Gasteiger partial charge in [0.15, 0.2) is 0 Å². The van der Waals surface area contributed by atoms with E-state index in [9.17, 15) is 0 Å². The summed E-state index contributed by atoms with van der Waals surface area (Å²) in [5.74, 6) is 0. The zero-order chi connectivity index (χ0) is 12.0. The smallest absolute Gasteiger partial charge is 0.0680 e. The predicted molar refractivity (Wildman–Crippen MR) is 75.3 cm³/mol. The number of fused-ring (bicyclic) bond motifs is 3. The van der Waals surface area contributed by atoms with Gasteiger partial charge in [-0.15, -0.1) is 0 Å². The van der Waals surface area contributed by atoms with Crippen LogP contribution in [0.1, 0.15) is 19.9 Å². The second kappa shape index (κ2) is 3.84. The molecule has 0 amide bonds. The van der Waals surface area contributed by atoms with E-state index in [4.69, 9.17) is 0 Å². The van der Waals surface area contributed by atoms with Crippen molar-refractivity contribution in [2.45, 2.75) is 19.9 Å². The summed E-state index contributed by atoms with van der Waals surface area (Å²) in [4.78, 5) is 4.24. The van der Waals surface area contributed by atoms with Crippen LogP contribution >= 0.6 is 15.9 Å². The summed E-state index contributed by atoms with van der Waals surface area (Å²) in [6, 6.07) is 8.95. The van der Waals surface area contributed by atoms with Crippen molar-refractivity contribution in [3.8, 4) is 0 Å². The molecule has 0 radical (unpaired) electrons. The summed E-state index contributed by atoms with van der Waals surface area (Å²) in [7, 11) is 0. The summed E-state index contributed by atoms with van der Waals surface area (Å²) >= 11 is 3.54. The molecule has 0 N–H and O–H groups in total. The minimum Gasteiger partial charge on any atom is -0.337 e. The molecule has 2 nitrogen and oxygen atoms in total. The molecule has 1 aromatic carbocycles. The average molecular weight is 289 g/mol. The van der Waals surface area contributed by atoms with Crippen molar-refractivity contribution >= 4 is 37.7 Å². The quantitative estimate of drug-likeness (QED) is 0.643. The van der Waals surface area contributed by atoms with Gasteiger partial charge >= 0.3 is 0 Å². The van der Waals surface area contributed by atoms with E-state index >= 15 is 0 Å². The lowest BCUT2D eigenvalue weighted by Crippen LogP contribution is -1.99. The Morgan fingerprint density at radius 1 is 1.12 bits per heavy atom. The van der Waals surface area contributed by atoms with Gasteiger partial charge in [-0.1, -0.05) is 15.9 Å². The van der Waals surface area contributed by atoms with E-state index in [1.807, 2.05) is 12.4 Å². The molecule has 3 aromatic rings. The Hall–Kier alpha value is -1.35. The number of hydrogen-bond acceptors (Lipinski definition) is 1. The number of pyridine rings is 1. The molecule has 0 saturated heterocycles. The third-order valence-corrected chi connectivity index (χ3v) is 3.58. The van der Waals surface area contributed by atoms with Gasteiger partial charge < -0.3 is 4.57 Å². The molecule has 3 heteroatoms. The van der Waals surface area contributed by atoms with Crippen molar-refractivity contribution in [1.29, 1.82) is 0 Å². The van der Waals surface area contributed by atoms with Crippen molar-refractivity contribution in [3.05, 3.63) is 41.1 Å². The van der Waals surface area contributed by atoms with Crippen LogP contribution in [-0.2, 0) is 0 Å². The molecule has 0 fully saturated rings. The molecule has 3 rings (SSSR count). The minimum atomic E-state index is 0.431. The Labute approximate surface area is 108 Å². The minimum absolute atomic E-state index is 0.431. The molecule has 0 aliphatic rings. The first-order chi connectivity index (χ1) is 8.18. The molecular formula is C14H13BrN2. The maximum atomic E-state index is 4.24. The van der Waals surface area contributed by atoms with Crippen molar-refractivity contribution in [1.82, 2.24) is 9.55 Å². The van der Waals surface area contributed by atoms with Crippen LogP contribution < -0.4 is 0 Å². The Bertz CT molecular complexity index is 698. The van der Waals surface area contributed by atoms with Crippen LogP contribution in [0.4, 0.5) is 0 Å². The zero-order valence-corrected chi connectivity index (χ0v) is 11.4. The van der Waals surface area contributed by atoms with Crippen molar-refractivity contribution in [2.75, 3.05) is 0 Å². The fourth-order valence-corrected chi connectivity index (χ4v) is 2.79. The highest BCUT2D eigenvalue weighted by Crippen LogP contribution is 2.32. The number of benzene rings is 1. The highest BCUT2D eigenvalue weighted by atomic mass is 79.9. The van der Waals surface area contributed by atoms with Crippen LogP contribution in [-0.4, -0.2) is 9.55 Å². The molecule has 0 unspecified atom stereocenters. The van der Waals surface area contributed by atoms with Gasteiger partial charge in [0.05, 0.1) is 11.7 Å². The van der Waals surface area contributed by atoms with Crippen molar-refractivity contribution in [3.63, 3.8) is 0 Å². The predicted octanol–water partition coefficient (Wildman–Crippen LogP) is 4.53. The molecule has 0 saturated carbocycles. The van der Waals surface area contributed by atoms with Gasteiger partial charge in [0.1, 0.15) is 0 Å². The second-order valence-electron chi connectivity index (χ2n) is 4.52. The fraction of sp³-hybridized carbons (Fsp3) is 0.214. The first-order valence-electron chi connectivity index (χ1n) is 5.71. The molecule has 2 aromatic heterocycles. The van der Waals surface area contributed by atoms with Crippen LogP contribution in [0.2, 0.25) is 0 Å². The Kier molecular flexibility index (Phi) is 2.44. The summed E-state index contributed by atoms with van der Waals surface area (Å²) in [5.41, 5.74) is 2.47. The summed E-state index contributed by atoms with van der Waals surface area (Å²) in [6.07, 6.45) is 3.80. The van der Waals surface area contributed by atoms with Crippen LogP contribution in [0.5, 0.6) is 0 Å². The summed E-state index contributed by atoms with van der Waals surface area (Å²) in [5, 5.41) is 2.55. The maximum Gasteiger partial charge on any atom is 0.0680 e. The molecular weight excluding hydrogens is 276 g/mol. The monoisotopic (exact) mass is 288 g/mol. The van der Waals surface area contributed by atoms with E-state index in [1.54, 1.807) is 0 Å². The van der Waals surface area contributed by atoms with Crippen LogP contribution in [0.3, 0.4) is 0 Å². The lowest BCUT2D eigenvalue weighted by molar-refractivity contribution is 0.641. The molecule has 2 heterocycles. The number of halogens is 1. The van der Waals surface area contributed by atoms with Gasteiger partial charge in [-0.3, -0.25) is 4.98 Å². The molecule has 86 valence electrons. The number of nitrogens with zero attached hydrogens (tertiary/aromatic N) is 2. The van der Waals surface area contributed by atoms with Crippen LogP contribution in [0, 0.1) is 0 Å². The highest BCUT2D eigenvalue weighted by Gasteiger charge is 2.12. The molecule has 0 spiro atoms. The number of hydrogen-bond donors (Lipinski definition) is 0. The zero-order valence-electron chi connectivity index (χ0n) is 9.81. The summed E-state index contributed by atoms with van der Waals surface area (Å²) in [6.45, 7) is 4.40. The summed E-state index contributed by atoms with van der Waals surface area (Å²) < 4.78 is 3.45. The van der Waals surface area contributed by atoms with E-state index < -0.39 is 0 Å². The van der Waals surface area contributed by atoms with Gasteiger partial charge in [0, 0.05) is 33.0 Å². The van der Waals surface area contributed by atoms with Gasteiger partial charge in [-0.25, -0.2) is 0 Å². The van der Waals surface area contributed by atoms with E-state index in [2.05, 4.69) is 63.6 Å². The molecule has 0 atom stereocenters. The Morgan fingerprint density at radius 2 is 1.94 bits per heavy atom. The van der Waals surface area contributed by atoms with E-state index in [0.29, 0.717) is 6.04 Å². The van der Waals surface area contributed by atoms with Gasteiger partial charge in [-0.05, 0) is 38.1 Å². The van der Waals surface area contributed by atoms with Gasteiger partial charge in [0.25, 0.3) is 0 Å². The van der Waals surface area contributed by atoms with E-state index in [-0.39, 0.29) is 0 Å². The highest BCUT2D eigenvalue weighted by molar-refractivity contribution is 9.10. The fourth-order valence-electron chi connectivity index (χ4n) is 2.43. The Balaban J connectivity index is 2.57. The molecule has 0 aliphatic heterocycles. The number of aromatic nitrogens is 2. The SMILES string of the molecule is CC(C)n1c2ccc(Br)cc2c2ccncc21. The van der Waals surface area contributed by atoms with Gasteiger partial charge in [-0.2, -0.15) is 0 Å². The average Bonchev–Trinajstić information content (AvgIpc) is 2.63. The largest absolute Gasteiger partial charge is 0.337 e. The van der Waals surface area contributed by atoms with E-state index in [0.717, 1.165) is 4.47 Å². The van der Waals surface area contributed by atoms with Crippen LogP contribution in [0.15, 0.2) is 41.1 Å². The first kappa shape index (κ1) is 10.8. The van der Waals surface area contributed by atoms with Gasteiger partial charge in [0.2, 0.25) is 0 Å². The number of rotatable bonds is 1. The lowest BCUT2D eigenvalue weighted by Gasteiger charge is -2.10. The lowest BCUT2D eigenvalue weighted by atomic mass is 10.2. The third-order valence-electron chi connectivity index (χ3n) is 3.08. The topological polar surface area (TPSA) is 17.8 Å². The molecule has 0 bridgehead atoms.